The number of ether oxygens (including phenoxy) is 1. The lowest BCUT2D eigenvalue weighted by Crippen LogP contribution is -2.45. The van der Waals surface area contributed by atoms with Crippen molar-refractivity contribution in [2.45, 2.75) is 75.4 Å². The number of aromatic hydroxyl groups is 1. The average Bonchev–Trinajstić information content (AvgIpc) is 2.48. The summed E-state index contributed by atoms with van der Waals surface area (Å²) in [6.07, 6.45) is 11.6. The Morgan fingerprint density at radius 1 is 1.00 bits per heavy atom. The van der Waals surface area contributed by atoms with Crippen molar-refractivity contribution < 1.29 is 9.84 Å². The minimum Gasteiger partial charge on any atom is -0.508 e. The molecule has 2 saturated carbocycles. The molecule has 1 spiro atoms. The van der Waals surface area contributed by atoms with Crippen LogP contribution < -0.4 is 0 Å². The molecular weight excluding hydrogens is 248 g/mol. The highest BCUT2D eigenvalue weighted by Gasteiger charge is 2.46. The fourth-order valence-corrected chi connectivity index (χ4v) is 4.73. The summed E-state index contributed by atoms with van der Waals surface area (Å²) in [6, 6.07) is 6.01. The van der Waals surface area contributed by atoms with Crippen LogP contribution in [0, 0.1) is 0 Å². The van der Waals surface area contributed by atoms with E-state index < -0.39 is 0 Å². The summed E-state index contributed by atoms with van der Waals surface area (Å²) in [4.78, 5) is 0. The predicted octanol–water partition coefficient (Wildman–Crippen LogP) is 4.61. The molecule has 0 radical (unpaired) electrons. The first-order chi connectivity index (χ1) is 9.78. The van der Waals surface area contributed by atoms with E-state index in [9.17, 15) is 5.11 Å². The summed E-state index contributed by atoms with van der Waals surface area (Å²) >= 11 is 0. The third kappa shape index (κ3) is 1.88. The molecule has 1 N–H and O–H groups in total. The molecule has 2 aliphatic carbocycles. The van der Waals surface area contributed by atoms with Gasteiger partial charge in [-0.2, -0.15) is 0 Å². The van der Waals surface area contributed by atoms with Crippen molar-refractivity contribution >= 4 is 0 Å². The highest BCUT2D eigenvalue weighted by Crippen LogP contribution is 2.53. The van der Waals surface area contributed by atoms with Crippen LogP contribution in [0.4, 0.5) is 0 Å². The van der Waals surface area contributed by atoms with Crippen LogP contribution in [0.2, 0.25) is 0 Å². The van der Waals surface area contributed by atoms with Crippen LogP contribution in [-0.4, -0.2) is 11.2 Å². The molecule has 1 aromatic rings. The van der Waals surface area contributed by atoms with Gasteiger partial charge >= 0.3 is 0 Å². The van der Waals surface area contributed by atoms with Gasteiger partial charge in [-0.15, -0.1) is 0 Å². The van der Waals surface area contributed by atoms with Crippen molar-refractivity contribution in [2.75, 3.05) is 0 Å². The molecule has 2 heteroatoms. The van der Waals surface area contributed by atoms with E-state index in [0.717, 1.165) is 12.8 Å². The van der Waals surface area contributed by atoms with Gasteiger partial charge in [0.1, 0.15) is 5.75 Å². The van der Waals surface area contributed by atoms with Crippen LogP contribution in [-0.2, 0) is 10.3 Å². The summed E-state index contributed by atoms with van der Waals surface area (Å²) in [5.41, 5.74) is 2.74. The van der Waals surface area contributed by atoms with E-state index in [0.29, 0.717) is 17.8 Å². The number of fused-ring (bicyclic) bond motifs is 4. The Balaban J connectivity index is 1.83. The molecule has 2 atom stereocenters. The topological polar surface area (TPSA) is 29.5 Å². The quantitative estimate of drug-likeness (QED) is 0.747. The smallest absolute Gasteiger partial charge is 0.115 e. The van der Waals surface area contributed by atoms with Gasteiger partial charge in [0.25, 0.3) is 0 Å². The minimum absolute atomic E-state index is 0.0419. The van der Waals surface area contributed by atoms with Crippen LogP contribution >= 0.6 is 0 Å². The Kier molecular flexibility index (Phi) is 3.03. The van der Waals surface area contributed by atoms with Gasteiger partial charge < -0.3 is 9.84 Å². The molecule has 2 unspecified atom stereocenters. The third-order valence-corrected chi connectivity index (χ3v) is 5.67. The van der Waals surface area contributed by atoms with Crippen LogP contribution in [0.15, 0.2) is 18.2 Å². The number of phenols is 1. The van der Waals surface area contributed by atoms with Gasteiger partial charge in [-0.3, -0.25) is 0 Å². The fourth-order valence-electron chi connectivity index (χ4n) is 4.73. The Bertz CT molecular complexity index is 502. The van der Waals surface area contributed by atoms with Crippen LogP contribution in [0.1, 0.15) is 74.8 Å². The minimum atomic E-state index is -0.0419. The van der Waals surface area contributed by atoms with Gasteiger partial charge in [0.05, 0.1) is 11.7 Å². The zero-order valence-electron chi connectivity index (χ0n) is 12.1. The van der Waals surface area contributed by atoms with E-state index in [-0.39, 0.29) is 5.60 Å². The standard InChI is InChI=1S/C18H24O2/c19-13-8-9-16-15(12-13)14-6-2-3-7-17(14)20-18(16)10-4-1-5-11-18/h8-9,12,14,17,19H,1-7,10-11H2. The molecule has 0 amide bonds. The van der Waals surface area contributed by atoms with Crippen LogP contribution in [0.25, 0.3) is 0 Å². The molecule has 2 fully saturated rings. The Labute approximate surface area is 121 Å². The van der Waals surface area contributed by atoms with Crippen molar-refractivity contribution in [1.29, 1.82) is 0 Å². The van der Waals surface area contributed by atoms with E-state index in [2.05, 4.69) is 6.07 Å². The van der Waals surface area contributed by atoms with Crippen LogP contribution in [0.5, 0.6) is 5.75 Å². The van der Waals surface area contributed by atoms with Gasteiger partial charge in [0, 0.05) is 5.92 Å². The Morgan fingerprint density at radius 3 is 2.65 bits per heavy atom. The van der Waals surface area contributed by atoms with E-state index in [1.807, 2.05) is 12.1 Å². The molecule has 4 rings (SSSR count). The number of hydrogen-bond donors (Lipinski definition) is 1. The van der Waals surface area contributed by atoms with Crippen LogP contribution in [0.3, 0.4) is 0 Å². The maximum atomic E-state index is 9.92. The van der Waals surface area contributed by atoms with Crippen molar-refractivity contribution in [3.05, 3.63) is 29.3 Å². The summed E-state index contributed by atoms with van der Waals surface area (Å²) in [5, 5.41) is 9.92. The summed E-state index contributed by atoms with van der Waals surface area (Å²) in [7, 11) is 0. The Morgan fingerprint density at radius 2 is 1.80 bits per heavy atom. The first kappa shape index (κ1) is 12.7. The second-order valence-electron chi connectivity index (χ2n) is 6.87. The summed E-state index contributed by atoms with van der Waals surface area (Å²) < 4.78 is 6.70. The predicted molar refractivity (Wildman–Crippen MR) is 79.0 cm³/mol. The maximum Gasteiger partial charge on any atom is 0.115 e. The van der Waals surface area contributed by atoms with E-state index >= 15 is 0 Å². The number of benzene rings is 1. The summed E-state index contributed by atoms with van der Waals surface area (Å²) in [6.45, 7) is 0. The van der Waals surface area contributed by atoms with Crippen molar-refractivity contribution in [3.63, 3.8) is 0 Å². The molecule has 20 heavy (non-hydrogen) atoms. The summed E-state index contributed by atoms with van der Waals surface area (Å²) in [5.74, 6) is 0.930. The SMILES string of the molecule is Oc1ccc2c(c1)C1CCCCC1OC21CCCCC1. The molecule has 1 aliphatic heterocycles. The number of phenolic OH excluding ortho intramolecular Hbond substituents is 1. The normalized spacial score (nSPS) is 31.6. The maximum absolute atomic E-state index is 9.92. The first-order valence-corrected chi connectivity index (χ1v) is 8.30. The van der Waals surface area contributed by atoms with Crippen molar-refractivity contribution in [2.24, 2.45) is 0 Å². The molecule has 0 saturated heterocycles. The fraction of sp³-hybridized carbons (Fsp3) is 0.667. The number of rotatable bonds is 0. The van der Waals surface area contributed by atoms with Gasteiger partial charge in [0.2, 0.25) is 0 Å². The van der Waals surface area contributed by atoms with Gasteiger partial charge in [-0.1, -0.05) is 38.2 Å². The average molecular weight is 272 g/mol. The van der Waals surface area contributed by atoms with Crippen molar-refractivity contribution in [3.8, 4) is 5.75 Å². The molecule has 2 nitrogen and oxygen atoms in total. The van der Waals surface area contributed by atoms with Crippen molar-refractivity contribution in [1.82, 2.24) is 0 Å². The zero-order chi connectivity index (χ0) is 13.6. The first-order valence-electron chi connectivity index (χ1n) is 8.30. The van der Waals surface area contributed by atoms with Gasteiger partial charge in [-0.05, 0) is 48.9 Å². The zero-order valence-corrected chi connectivity index (χ0v) is 12.1. The largest absolute Gasteiger partial charge is 0.508 e. The lowest BCUT2D eigenvalue weighted by molar-refractivity contribution is -0.149. The molecule has 1 aromatic carbocycles. The molecule has 0 aromatic heterocycles. The lowest BCUT2D eigenvalue weighted by Gasteiger charge is -2.49. The molecule has 0 bridgehead atoms. The second-order valence-corrected chi connectivity index (χ2v) is 6.87. The highest BCUT2D eigenvalue weighted by atomic mass is 16.5. The molecular formula is C18H24O2. The van der Waals surface area contributed by atoms with Gasteiger partial charge in [0.15, 0.2) is 0 Å². The lowest BCUT2D eigenvalue weighted by atomic mass is 9.69. The van der Waals surface area contributed by atoms with E-state index in [4.69, 9.17) is 4.74 Å². The molecule has 3 aliphatic rings. The van der Waals surface area contributed by atoms with E-state index in [1.165, 1.54) is 56.1 Å². The highest BCUT2D eigenvalue weighted by molar-refractivity contribution is 5.43. The molecule has 108 valence electrons. The third-order valence-electron chi connectivity index (χ3n) is 5.67. The number of hydrogen-bond acceptors (Lipinski definition) is 2. The van der Waals surface area contributed by atoms with E-state index in [1.54, 1.807) is 0 Å². The Hall–Kier alpha value is -1.02. The monoisotopic (exact) mass is 272 g/mol. The second kappa shape index (κ2) is 4.77. The van der Waals surface area contributed by atoms with Gasteiger partial charge in [-0.25, -0.2) is 0 Å². The molecule has 1 heterocycles.